The molecule has 0 bridgehead atoms. The van der Waals surface area contributed by atoms with Crippen molar-refractivity contribution in [3.8, 4) is 0 Å². The van der Waals surface area contributed by atoms with E-state index in [2.05, 4.69) is 20.3 Å². The molecule has 1 aromatic carbocycles. The Bertz CT molecular complexity index is 1170. The highest BCUT2D eigenvalue weighted by molar-refractivity contribution is 7.89. The van der Waals surface area contributed by atoms with E-state index < -0.39 is 15.9 Å². The lowest BCUT2D eigenvalue weighted by atomic mass is 10.3. The van der Waals surface area contributed by atoms with Gasteiger partial charge in [-0.1, -0.05) is 18.2 Å². The fraction of sp³-hybridized carbons (Fsp3) is 0.200. The number of anilines is 3. The Morgan fingerprint density at radius 1 is 1.00 bits per heavy atom. The van der Waals surface area contributed by atoms with Crippen molar-refractivity contribution in [1.29, 1.82) is 0 Å². The van der Waals surface area contributed by atoms with Crippen molar-refractivity contribution >= 4 is 33.3 Å². The number of nitrogen functional groups attached to an aromatic ring is 1. The van der Waals surface area contributed by atoms with E-state index in [9.17, 15) is 13.2 Å². The molecule has 3 aromatic rings. The monoisotopic (exact) mass is 439 g/mol. The summed E-state index contributed by atoms with van der Waals surface area (Å²) in [5.74, 6) is 0.344. The summed E-state index contributed by atoms with van der Waals surface area (Å²) in [4.78, 5) is 26.9. The maximum atomic E-state index is 12.8. The molecule has 1 fully saturated rings. The summed E-state index contributed by atoms with van der Waals surface area (Å²) in [6, 6.07) is 11.8. The second-order valence-electron chi connectivity index (χ2n) is 6.86. The van der Waals surface area contributed by atoms with Gasteiger partial charge in [0.25, 0.3) is 5.91 Å². The number of sulfonamides is 1. The van der Waals surface area contributed by atoms with Crippen molar-refractivity contribution in [2.24, 2.45) is 0 Å². The molecule has 11 heteroatoms. The third-order valence-electron chi connectivity index (χ3n) is 4.88. The quantitative estimate of drug-likeness (QED) is 0.606. The fourth-order valence-electron chi connectivity index (χ4n) is 3.22. The molecular formula is C20H21N7O3S. The molecule has 1 saturated heterocycles. The highest BCUT2D eigenvalue weighted by atomic mass is 32.2. The van der Waals surface area contributed by atoms with E-state index in [0.717, 1.165) is 0 Å². The predicted molar refractivity (Wildman–Crippen MR) is 116 cm³/mol. The second-order valence-corrected chi connectivity index (χ2v) is 8.79. The molecule has 0 saturated carbocycles. The minimum Gasteiger partial charge on any atom is -0.396 e. The minimum absolute atomic E-state index is 0.147. The third kappa shape index (κ3) is 4.47. The summed E-state index contributed by atoms with van der Waals surface area (Å²) >= 11 is 0. The first-order valence-corrected chi connectivity index (χ1v) is 11.0. The first kappa shape index (κ1) is 20.7. The van der Waals surface area contributed by atoms with Crippen molar-refractivity contribution in [2.75, 3.05) is 42.1 Å². The summed E-state index contributed by atoms with van der Waals surface area (Å²) in [6.45, 7) is 1.57. The average molecular weight is 440 g/mol. The lowest BCUT2D eigenvalue weighted by Gasteiger charge is -2.34. The first-order chi connectivity index (χ1) is 14.9. The number of nitrogens with zero attached hydrogens (tertiary/aromatic N) is 5. The van der Waals surface area contributed by atoms with Gasteiger partial charge >= 0.3 is 0 Å². The number of rotatable bonds is 5. The molecular weight excluding hydrogens is 418 g/mol. The first-order valence-electron chi connectivity index (χ1n) is 9.59. The van der Waals surface area contributed by atoms with E-state index in [0.29, 0.717) is 37.7 Å². The van der Waals surface area contributed by atoms with Crippen molar-refractivity contribution in [3.05, 3.63) is 66.7 Å². The van der Waals surface area contributed by atoms with Crippen molar-refractivity contribution in [1.82, 2.24) is 19.3 Å². The number of carbonyl (C=O) groups is 1. The molecule has 1 aliphatic heterocycles. The highest BCUT2D eigenvalue weighted by Crippen LogP contribution is 2.24. The molecule has 4 rings (SSSR count). The number of pyridine rings is 1. The van der Waals surface area contributed by atoms with Crippen LogP contribution in [-0.4, -0.2) is 59.8 Å². The van der Waals surface area contributed by atoms with E-state index >= 15 is 0 Å². The van der Waals surface area contributed by atoms with Gasteiger partial charge in [-0.3, -0.25) is 9.78 Å². The predicted octanol–water partition coefficient (Wildman–Crippen LogP) is 1.22. The number of benzene rings is 1. The number of nitrogens with two attached hydrogens (primary N) is 1. The van der Waals surface area contributed by atoms with Gasteiger partial charge in [-0.25, -0.2) is 18.4 Å². The Balaban J connectivity index is 1.45. The molecule has 160 valence electrons. The van der Waals surface area contributed by atoms with Gasteiger partial charge in [0.05, 0.1) is 16.8 Å². The van der Waals surface area contributed by atoms with E-state index in [1.165, 1.54) is 22.9 Å². The molecule has 0 radical (unpaired) electrons. The molecule has 31 heavy (non-hydrogen) atoms. The average Bonchev–Trinajstić information content (AvgIpc) is 2.81. The topological polar surface area (TPSA) is 134 Å². The Labute approximate surface area is 179 Å². The number of aromatic nitrogens is 3. The maximum absolute atomic E-state index is 12.8. The molecule has 0 unspecified atom stereocenters. The summed E-state index contributed by atoms with van der Waals surface area (Å²) < 4.78 is 27.1. The van der Waals surface area contributed by atoms with Crippen LogP contribution in [0, 0.1) is 0 Å². The van der Waals surface area contributed by atoms with Gasteiger partial charge in [0, 0.05) is 38.6 Å². The number of nitrogens with one attached hydrogen (secondary N) is 1. The number of piperazine rings is 1. The minimum atomic E-state index is -3.53. The van der Waals surface area contributed by atoms with E-state index in [4.69, 9.17) is 5.73 Å². The number of hydrogen-bond acceptors (Lipinski definition) is 8. The number of amides is 1. The Morgan fingerprint density at radius 3 is 2.42 bits per heavy atom. The van der Waals surface area contributed by atoms with Crippen LogP contribution >= 0.6 is 0 Å². The highest BCUT2D eigenvalue weighted by Gasteiger charge is 2.29. The smallest absolute Gasteiger partial charge is 0.277 e. The van der Waals surface area contributed by atoms with Crippen LogP contribution in [0.2, 0.25) is 0 Å². The zero-order chi connectivity index (χ0) is 21.8. The lowest BCUT2D eigenvalue weighted by molar-refractivity contribution is 0.102. The van der Waals surface area contributed by atoms with Crippen molar-refractivity contribution in [2.45, 2.75) is 4.90 Å². The third-order valence-corrected chi connectivity index (χ3v) is 6.80. The SMILES string of the molecule is Nc1ccc(N2CCN(S(=O)(=O)c3ccccc3)CC2)nc1NC(=O)c1cnccn1. The Morgan fingerprint density at radius 2 is 1.74 bits per heavy atom. The molecule has 0 spiro atoms. The molecule has 0 atom stereocenters. The second kappa shape index (κ2) is 8.66. The summed E-state index contributed by atoms with van der Waals surface area (Å²) in [7, 11) is -3.53. The van der Waals surface area contributed by atoms with Gasteiger partial charge in [-0.05, 0) is 24.3 Å². The van der Waals surface area contributed by atoms with Gasteiger partial charge in [0.1, 0.15) is 11.5 Å². The molecule has 2 aromatic heterocycles. The number of hydrogen-bond donors (Lipinski definition) is 2. The van der Waals surface area contributed by atoms with Crippen LogP contribution < -0.4 is 16.0 Å². The Kier molecular flexibility index (Phi) is 5.78. The molecule has 1 aliphatic rings. The van der Waals surface area contributed by atoms with Crippen LogP contribution in [0.5, 0.6) is 0 Å². The molecule has 3 N–H and O–H groups in total. The zero-order valence-corrected chi connectivity index (χ0v) is 17.4. The zero-order valence-electron chi connectivity index (χ0n) is 16.5. The largest absolute Gasteiger partial charge is 0.396 e. The van der Waals surface area contributed by atoms with E-state index in [-0.39, 0.29) is 16.4 Å². The van der Waals surface area contributed by atoms with Crippen LogP contribution in [0.15, 0.2) is 66.0 Å². The van der Waals surface area contributed by atoms with Gasteiger partial charge in [0.15, 0.2) is 5.82 Å². The van der Waals surface area contributed by atoms with Crippen LogP contribution in [0.1, 0.15) is 10.5 Å². The van der Waals surface area contributed by atoms with Gasteiger partial charge in [-0.15, -0.1) is 0 Å². The Hall–Kier alpha value is -3.57. The van der Waals surface area contributed by atoms with Crippen LogP contribution in [0.25, 0.3) is 0 Å². The summed E-state index contributed by atoms with van der Waals surface area (Å²) in [5.41, 5.74) is 6.43. The van der Waals surface area contributed by atoms with Gasteiger partial charge < -0.3 is 16.0 Å². The summed E-state index contributed by atoms with van der Waals surface area (Å²) in [5, 5.41) is 2.65. The fourth-order valence-corrected chi connectivity index (χ4v) is 4.67. The van der Waals surface area contributed by atoms with Crippen LogP contribution in [0.3, 0.4) is 0 Å². The lowest BCUT2D eigenvalue weighted by Crippen LogP contribution is -2.48. The number of carbonyl (C=O) groups excluding carboxylic acids is 1. The standard InChI is InChI=1S/C20H21N7O3S/c21-16-6-7-18(24-19(16)25-20(28)17-14-22-8-9-23-17)26-10-12-27(13-11-26)31(29,30)15-4-2-1-3-5-15/h1-9,14H,10-13,21H2,(H,24,25,28). The maximum Gasteiger partial charge on any atom is 0.277 e. The van der Waals surface area contributed by atoms with Crippen molar-refractivity contribution < 1.29 is 13.2 Å². The molecule has 10 nitrogen and oxygen atoms in total. The molecule has 3 heterocycles. The van der Waals surface area contributed by atoms with Gasteiger partial charge in [0.2, 0.25) is 10.0 Å². The normalized spacial score (nSPS) is 14.9. The van der Waals surface area contributed by atoms with Crippen LogP contribution in [0.4, 0.5) is 17.3 Å². The van der Waals surface area contributed by atoms with E-state index in [1.807, 2.05) is 4.90 Å². The van der Waals surface area contributed by atoms with E-state index in [1.54, 1.807) is 42.5 Å². The van der Waals surface area contributed by atoms with Crippen molar-refractivity contribution in [3.63, 3.8) is 0 Å². The molecule has 1 amide bonds. The summed E-state index contributed by atoms with van der Waals surface area (Å²) in [6.07, 6.45) is 4.24. The van der Waals surface area contributed by atoms with Crippen LogP contribution in [-0.2, 0) is 10.0 Å². The van der Waals surface area contributed by atoms with Gasteiger partial charge in [-0.2, -0.15) is 4.31 Å². The molecule has 0 aliphatic carbocycles.